The third-order valence-electron chi connectivity index (χ3n) is 5.13. The molecule has 0 aliphatic heterocycles. The number of aryl methyl sites for hydroxylation is 1. The zero-order valence-electron chi connectivity index (χ0n) is 15.5. The van der Waals surface area contributed by atoms with Crippen LogP contribution in [0, 0.1) is 11.8 Å². The van der Waals surface area contributed by atoms with Crippen LogP contribution in [-0.2, 0) is 11.2 Å². The van der Waals surface area contributed by atoms with Crippen molar-refractivity contribution in [2.24, 2.45) is 11.8 Å². The first-order valence-electron chi connectivity index (χ1n) is 9.62. The Morgan fingerprint density at radius 3 is 2.67 bits per heavy atom. The highest BCUT2D eigenvalue weighted by molar-refractivity contribution is 7.07. The molecule has 1 aromatic heterocycles. The molecule has 0 radical (unpaired) electrons. The van der Waals surface area contributed by atoms with Crippen LogP contribution in [-0.4, -0.2) is 38.6 Å². The summed E-state index contributed by atoms with van der Waals surface area (Å²) in [4.78, 5) is 10.5. The van der Waals surface area contributed by atoms with Gasteiger partial charge in [0.1, 0.15) is 0 Å². The molecule has 4 atom stereocenters. The standard InChI is InChI=1S/C21H30O5S/c22-17(9-6-5-7-15-11-12-27-14-15)21-16(18(23)13-19(21)24)8-3-1-2-4-10-20(25)26/h1,3,9,11-12,14,16,18-19,21-24H,2,4-8,10,13H2,(H,25,26)/b3-1-,17-9+/t16?,18-,19+,21?/m0/s1. The van der Waals surface area contributed by atoms with Crippen LogP contribution < -0.4 is 0 Å². The van der Waals surface area contributed by atoms with E-state index < -0.39 is 24.1 Å². The van der Waals surface area contributed by atoms with Gasteiger partial charge in [-0.2, -0.15) is 11.3 Å². The van der Waals surface area contributed by atoms with E-state index in [1.54, 1.807) is 17.4 Å². The molecule has 5 nitrogen and oxygen atoms in total. The van der Waals surface area contributed by atoms with Gasteiger partial charge in [-0.1, -0.05) is 12.2 Å². The summed E-state index contributed by atoms with van der Waals surface area (Å²) < 4.78 is 0. The minimum atomic E-state index is -0.799. The summed E-state index contributed by atoms with van der Waals surface area (Å²) in [6.45, 7) is 0. The summed E-state index contributed by atoms with van der Waals surface area (Å²) in [5.41, 5.74) is 1.30. The van der Waals surface area contributed by atoms with Crippen molar-refractivity contribution in [3.05, 3.63) is 46.4 Å². The number of allylic oxidation sites excluding steroid dienone is 3. The van der Waals surface area contributed by atoms with Crippen molar-refractivity contribution in [1.82, 2.24) is 0 Å². The van der Waals surface area contributed by atoms with Crippen molar-refractivity contribution in [3.63, 3.8) is 0 Å². The van der Waals surface area contributed by atoms with Gasteiger partial charge in [0.25, 0.3) is 0 Å². The molecular weight excluding hydrogens is 364 g/mol. The predicted molar refractivity (Wildman–Crippen MR) is 107 cm³/mol. The Morgan fingerprint density at radius 2 is 1.96 bits per heavy atom. The van der Waals surface area contributed by atoms with Gasteiger partial charge in [-0.25, -0.2) is 0 Å². The van der Waals surface area contributed by atoms with Crippen LogP contribution >= 0.6 is 11.3 Å². The molecule has 1 aliphatic carbocycles. The average molecular weight is 395 g/mol. The summed E-state index contributed by atoms with van der Waals surface area (Å²) in [7, 11) is 0. The Kier molecular flexibility index (Phi) is 9.04. The number of hydrogen-bond donors (Lipinski definition) is 4. The first kappa shape index (κ1) is 21.7. The number of unbranched alkanes of at least 4 members (excludes halogenated alkanes) is 2. The van der Waals surface area contributed by atoms with E-state index in [1.807, 2.05) is 12.2 Å². The molecule has 6 heteroatoms. The lowest BCUT2D eigenvalue weighted by molar-refractivity contribution is -0.137. The van der Waals surface area contributed by atoms with Gasteiger partial charge in [0.15, 0.2) is 0 Å². The van der Waals surface area contributed by atoms with E-state index in [-0.39, 0.29) is 24.5 Å². The van der Waals surface area contributed by atoms with Crippen molar-refractivity contribution in [1.29, 1.82) is 0 Å². The second kappa shape index (κ2) is 11.3. The second-order valence-electron chi connectivity index (χ2n) is 7.21. The van der Waals surface area contributed by atoms with Crippen LogP contribution in [0.25, 0.3) is 0 Å². The Labute approximate surface area is 164 Å². The number of hydrogen-bond acceptors (Lipinski definition) is 5. The van der Waals surface area contributed by atoms with Crippen molar-refractivity contribution in [2.45, 2.75) is 63.6 Å². The lowest BCUT2D eigenvalue weighted by Crippen LogP contribution is -2.23. The van der Waals surface area contributed by atoms with Crippen LogP contribution in [0.4, 0.5) is 0 Å². The van der Waals surface area contributed by atoms with Crippen LogP contribution in [0.1, 0.15) is 50.5 Å². The minimum absolute atomic E-state index is 0.145. The lowest BCUT2D eigenvalue weighted by Gasteiger charge is -2.22. The molecule has 0 saturated heterocycles. The first-order chi connectivity index (χ1) is 13.0. The van der Waals surface area contributed by atoms with Gasteiger partial charge in [-0.05, 0) is 67.0 Å². The molecule has 150 valence electrons. The summed E-state index contributed by atoms with van der Waals surface area (Å²) in [6, 6.07) is 2.10. The first-order valence-corrected chi connectivity index (χ1v) is 10.6. The molecule has 0 bridgehead atoms. The van der Waals surface area contributed by atoms with E-state index in [4.69, 9.17) is 5.11 Å². The second-order valence-corrected chi connectivity index (χ2v) is 7.99. The Morgan fingerprint density at radius 1 is 1.15 bits per heavy atom. The predicted octanol–water partition coefficient (Wildman–Crippen LogP) is 4.07. The van der Waals surface area contributed by atoms with Gasteiger partial charge in [-0.3, -0.25) is 4.79 Å². The third kappa shape index (κ3) is 7.13. The van der Waals surface area contributed by atoms with Crippen molar-refractivity contribution in [2.75, 3.05) is 0 Å². The number of thiophene rings is 1. The number of carboxylic acid groups (broad SMARTS) is 1. The van der Waals surface area contributed by atoms with E-state index >= 15 is 0 Å². The van der Waals surface area contributed by atoms with Gasteiger partial charge < -0.3 is 20.4 Å². The highest BCUT2D eigenvalue weighted by atomic mass is 32.1. The Bertz CT molecular complexity index is 623. The summed E-state index contributed by atoms with van der Waals surface area (Å²) in [5.74, 6) is -1.28. The summed E-state index contributed by atoms with van der Waals surface area (Å²) in [5, 5.41) is 43.8. The van der Waals surface area contributed by atoms with Gasteiger partial charge in [0.05, 0.1) is 18.0 Å². The molecule has 1 saturated carbocycles. The maximum atomic E-state index is 10.5. The topological polar surface area (TPSA) is 98.0 Å². The number of aliphatic carboxylic acids is 1. The van der Waals surface area contributed by atoms with Crippen molar-refractivity contribution < 1.29 is 25.2 Å². The SMILES string of the molecule is O=C(O)CCC/C=C\CC1C(/C(O)=C\CCCc2ccsc2)[C@H](O)C[C@@H]1O. The molecule has 27 heavy (non-hydrogen) atoms. The van der Waals surface area contributed by atoms with E-state index in [9.17, 15) is 20.1 Å². The highest BCUT2D eigenvalue weighted by Gasteiger charge is 2.43. The largest absolute Gasteiger partial charge is 0.512 e. The fourth-order valence-electron chi connectivity index (χ4n) is 3.68. The van der Waals surface area contributed by atoms with Gasteiger partial charge in [-0.15, -0.1) is 0 Å². The van der Waals surface area contributed by atoms with Crippen molar-refractivity contribution >= 4 is 17.3 Å². The van der Waals surface area contributed by atoms with E-state index in [1.165, 1.54) is 5.56 Å². The Balaban J connectivity index is 1.82. The summed E-state index contributed by atoms with van der Waals surface area (Å²) >= 11 is 1.68. The monoisotopic (exact) mass is 394 g/mol. The zero-order chi connectivity index (χ0) is 19.6. The number of carboxylic acids is 1. The fourth-order valence-corrected chi connectivity index (χ4v) is 4.39. The maximum absolute atomic E-state index is 10.5. The normalized spacial score (nSPS) is 26.1. The Hall–Kier alpha value is -1.63. The van der Waals surface area contributed by atoms with E-state index in [0.29, 0.717) is 19.3 Å². The van der Waals surface area contributed by atoms with Gasteiger partial charge in [0.2, 0.25) is 0 Å². The molecule has 1 aliphatic rings. The van der Waals surface area contributed by atoms with Crippen LogP contribution in [0.15, 0.2) is 40.8 Å². The van der Waals surface area contributed by atoms with Crippen LogP contribution in [0.2, 0.25) is 0 Å². The zero-order valence-corrected chi connectivity index (χ0v) is 16.4. The fraction of sp³-hybridized carbons (Fsp3) is 0.571. The molecule has 0 aromatic carbocycles. The number of aliphatic hydroxyl groups is 3. The van der Waals surface area contributed by atoms with Gasteiger partial charge >= 0.3 is 5.97 Å². The van der Waals surface area contributed by atoms with Crippen LogP contribution in [0.3, 0.4) is 0 Å². The number of rotatable bonds is 11. The minimum Gasteiger partial charge on any atom is -0.512 e. The smallest absolute Gasteiger partial charge is 0.303 e. The molecule has 1 aromatic rings. The highest BCUT2D eigenvalue weighted by Crippen LogP contribution is 2.39. The molecule has 0 spiro atoms. The van der Waals surface area contributed by atoms with E-state index in [2.05, 4.69) is 16.8 Å². The molecule has 0 amide bonds. The quantitative estimate of drug-likeness (QED) is 0.258. The van der Waals surface area contributed by atoms with Crippen LogP contribution in [0.5, 0.6) is 0 Å². The molecule has 1 fully saturated rings. The maximum Gasteiger partial charge on any atom is 0.303 e. The molecule has 1 heterocycles. The molecular formula is C21H30O5S. The number of aliphatic hydroxyl groups excluding tert-OH is 3. The lowest BCUT2D eigenvalue weighted by atomic mass is 9.88. The molecule has 4 N–H and O–H groups in total. The van der Waals surface area contributed by atoms with E-state index in [0.717, 1.165) is 19.3 Å². The van der Waals surface area contributed by atoms with Gasteiger partial charge in [0, 0.05) is 24.7 Å². The molecule has 2 rings (SSSR count). The van der Waals surface area contributed by atoms with Crippen molar-refractivity contribution in [3.8, 4) is 0 Å². The average Bonchev–Trinajstić information content (AvgIpc) is 3.22. The summed E-state index contributed by atoms with van der Waals surface area (Å²) in [6.07, 6.45) is 9.10. The molecule has 2 unspecified atom stereocenters. The third-order valence-corrected chi connectivity index (χ3v) is 5.87. The number of carbonyl (C=O) groups is 1.